The highest BCUT2D eigenvalue weighted by molar-refractivity contribution is 7.07. The van der Waals surface area contributed by atoms with Gasteiger partial charge in [-0.3, -0.25) is 9.36 Å². The molecule has 0 saturated carbocycles. The second-order valence-corrected chi connectivity index (χ2v) is 14.5. The van der Waals surface area contributed by atoms with E-state index in [4.69, 9.17) is 72.2 Å². The van der Waals surface area contributed by atoms with Crippen molar-refractivity contribution in [2.45, 2.75) is 32.4 Å². The third kappa shape index (κ3) is 8.72. The lowest BCUT2D eigenvalue weighted by Crippen LogP contribution is -2.41. The summed E-state index contributed by atoms with van der Waals surface area (Å²) in [7, 11) is 0. The number of esters is 1. The predicted molar refractivity (Wildman–Crippen MR) is 200 cm³/mol. The fourth-order valence-electron chi connectivity index (χ4n) is 5.38. The number of thiazole rings is 1. The van der Waals surface area contributed by atoms with Gasteiger partial charge in [0.1, 0.15) is 24.7 Å². The van der Waals surface area contributed by atoms with Gasteiger partial charge < -0.3 is 14.2 Å². The third-order valence-electron chi connectivity index (χ3n) is 7.86. The number of carbonyl (C=O) groups excluding carboxylic acids is 1. The second kappa shape index (κ2) is 16.2. The summed E-state index contributed by atoms with van der Waals surface area (Å²) in [5.74, 6) is -0.632. The smallest absolute Gasteiger partial charge is 0.434 e. The highest BCUT2D eigenvalue weighted by Crippen LogP contribution is 2.39. The molecule has 0 N–H and O–H groups in total. The molecule has 0 aliphatic carbocycles. The lowest BCUT2D eigenvalue weighted by atomic mass is 9.95. The molecule has 2 heterocycles. The zero-order valence-electron chi connectivity index (χ0n) is 27.1. The van der Waals surface area contributed by atoms with Gasteiger partial charge in [0.25, 0.3) is 5.56 Å². The average Bonchev–Trinajstić information content (AvgIpc) is 3.41. The Morgan fingerprint density at radius 1 is 0.849 bits per heavy atom. The fraction of sp³-hybridized carbons (Fsp3) is 0.162. The third-order valence-corrected chi connectivity index (χ3v) is 10.3. The van der Waals surface area contributed by atoms with E-state index < -0.39 is 35.0 Å². The van der Waals surface area contributed by atoms with Crippen LogP contribution in [0.25, 0.3) is 6.08 Å². The Morgan fingerprint density at radius 3 is 2.04 bits per heavy atom. The number of fused-ring (bicyclic) bond motifs is 1. The van der Waals surface area contributed by atoms with Crippen LogP contribution in [0.1, 0.15) is 35.2 Å². The van der Waals surface area contributed by atoms with Crippen molar-refractivity contribution in [2.24, 2.45) is 4.99 Å². The molecule has 0 amide bonds. The molecule has 1 aliphatic heterocycles. The Morgan fingerprint density at radius 2 is 1.45 bits per heavy atom. The van der Waals surface area contributed by atoms with Crippen LogP contribution in [-0.2, 0) is 22.7 Å². The van der Waals surface area contributed by atoms with Crippen LogP contribution in [-0.4, -0.2) is 23.3 Å². The fourth-order valence-corrected chi connectivity index (χ4v) is 7.43. The van der Waals surface area contributed by atoms with Gasteiger partial charge >= 0.3 is 12.1 Å². The molecule has 53 heavy (non-hydrogen) atoms. The van der Waals surface area contributed by atoms with Crippen LogP contribution < -0.4 is 24.4 Å². The van der Waals surface area contributed by atoms with Gasteiger partial charge in [-0.2, -0.15) is 13.2 Å². The van der Waals surface area contributed by atoms with Gasteiger partial charge in [0, 0.05) is 47.9 Å². The van der Waals surface area contributed by atoms with Crippen LogP contribution in [0.3, 0.4) is 0 Å². The minimum absolute atomic E-state index is 0.00494. The maximum absolute atomic E-state index is 14.5. The summed E-state index contributed by atoms with van der Waals surface area (Å²) in [6, 6.07) is 19.0. The van der Waals surface area contributed by atoms with Gasteiger partial charge in [-0.05, 0) is 67.1 Å². The predicted octanol–water partition coefficient (Wildman–Crippen LogP) is 9.77. The summed E-state index contributed by atoms with van der Waals surface area (Å²) >= 11 is 31.6. The molecule has 0 saturated heterocycles. The van der Waals surface area contributed by atoms with Crippen LogP contribution in [0.15, 0.2) is 99.9 Å². The lowest BCUT2D eigenvalue weighted by molar-refractivity contribution is -0.140. The first-order chi connectivity index (χ1) is 25.2. The van der Waals surface area contributed by atoms with E-state index in [-0.39, 0.29) is 40.5 Å². The molecule has 0 fully saturated rings. The molecule has 0 bridgehead atoms. The van der Waals surface area contributed by atoms with E-state index in [0.29, 0.717) is 58.9 Å². The highest BCUT2D eigenvalue weighted by Gasteiger charge is 2.45. The monoisotopic (exact) mass is 840 g/mol. The molecular formula is C37H24Cl5F3N2O5S. The molecule has 7 nitrogen and oxygen atoms in total. The summed E-state index contributed by atoms with van der Waals surface area (Å²) in [5.41, 5.74) is -1.15. The largest absolute Gasteiger partial charge is 0.489 e. The standard InChI is InChI=1S/C37H24Cl5F3N2O5S/c1-2-50-35(49)31-32(19-3-8-23(38)9-4-19)47-34(48)30(53-36(47)46-33(31)37(43,44)45)13-20-7-12-26(51-17-21-5-10-24(39)14-27(21)41)16-29(20)52-18-22-6-11-25(40)15-28(22)42/h3-16,32H,2,17-18H2,1H3/b30-13+/t32-/m0/s1. The summed E-state index contributed by atoms with van der Waals surface area (Å²) < 4.78 is 61.9. The van der Waals surface area contributed by atoms with Crippen LogP contribution >= 0.6 is 69.3 Å². The molecule has 0 spiro atoms. The Hall–Kier alpha value is -3.97. The summed E-state index contributed by atoms with van der Waals surface area (Å²) in [4.78, 5) is 30.9. The molecule has 4 aromatic carbocycles. The quantitative estimate of drug-likeness (QED) is 0.131. The number of hydrogen-bond acceptors (Lipinski definition) is 7. The molecule has 274 valence electrons. The van der Waals surface area contributed by atoms with Gasteiger partial charge in [-0.15, -0.1) is 0 Å². The number of ether oxygens (including phenoxy) is 3. The summed E-state index contributed by atoms with van der Waals surface area (Å²) in [6.07, 6.45) is -3.60. The molecular weight excluding hydrogens is 819 g/mol. The summed E-state index contributed by atoms with van der Waals surface area (Å²) in [6.45, 7) is 1.33. The molecule has 1 aliphatic rings. The molecule has 1 atom stereocenters. The van der Waals surface area contributed by atoms with Gasteiger partial charge in [0.15, 0.2) is 10.5 Å². The van der Waals surface area contributed by atoms with E-state index in [9.17, 15) is 22.8 Å². The van der Waals surface area contributed by atoms with Crippen LogP contribution in [0.4, 0.5) is 13.2 Å². The van der Waals surface area contributed by atoms with E-state index in [1.165, 1.54) is 37.3 Å². The number of hydrogen-bond donors (Lipinski definition) is 0. The topological polar surface area (TPSA) is 79.1 Å². The minimum atomic E-state index is -5.06. The van der Waals surface area contributed by atoms with Crippen molar-refractivity contribution in [3.8, 4) is 11.5 Å². The van der Waals surface area contributed by atoms with Crippen molar-refractivity contribution < 1.29 is 32.2 Å². The zero-order chi connectivity index (χ0) is 38.0. The average molecular weight is 843 g/mol. The number of carbonyl (C=O) groups is 1. The van der Waals surface area contributed by atoms with Crippen molar-refractivity contribution in [1.82, 2.24) is 4.57 Å². The molecule has 5 aromatic rings. The Bertz CT molecular complexity index is 2430. The first-order valence-electron chi connectivity index (χ1n) is 15.6. The van der Waals surface area contributed by atoms with E-state index >= 15 is 0 Å². The zero-order valence-corrected chi connectivity index (χ0v) is 31.7. The number of nitrogens with zero attached hydrogens (tertiary/aromatic N) is 2. The molecule has 16 heteroatoms. The van der Waals surface area contributed by atoms with Crippen molar-refractivity contribution in [1.29, 1.82) is 0 Å². The van der Waals surface area contributed by atoms with E-state index in [2.05, 4.69) is 4.99 Å². The van der Waals surface area contributed by atoms with E-state index in [1.54, 1.807) is 54.6 Å². The maximum Gasteiger partial charge on any atom is 0.434 e. The first-order valence-corrected chi connectivity index (χ1v) is 18.3. The SMILES string of the molecule is CCOC(=O)C1=C(C(F)(F)F)N=c2s/c(=C/c3ccc(OCc4ccc(Cl)cc4Cl)cc3OCc3ccc(Cl)cc3Cl)c(=O)n2[C@H]1c1ccc(Cl)cc1. The van der Waals surface area contributed by atoms with Crippen molar-refractivity contribution in [3.63, 3.8) is 0 Å². The second-order valence-electron chi connectivity index (χ2n) is 11.4. The Balaban J connectivity index is 1.47. The van der Waals surface area contributed by atoms with Crippen molar-refractivity contribution in [3.05, 3.63) is 157 Å². The van der Waals surface area contributed by atoms with Crippen LogP contribution in [0.5, 0.6) is 11.5 Å². The minimum Gasteiger partial charge on any atom is -0.489 e. The van der Waals surface area contributed by atoms with Crippen molar-refractivity contribution in [2.75, 3.05) is 6.61 Å². The van der Waals surface area contributed by atoms with Crippen molar-refractivity contribution >= 4 is 81.4 Å². The number of halogens is 8. The van der Waals surface area contributed by atoms with Gasteiger partial charge in [0.05, 0.1) is 22.8 Å². The lowest BCUT2D eigenvalue weighted by Gasteiger charge is -2.26. The van der Waals surface area contributed by atoms with E-state index in [0.717, 1.165) is 4.57 Å². The summed E-state index contributed by atoms with van der Waals surface area (Å²) in [5, 5.41) is 1.97. The maximum atomic E-state index is 14.5. The number of alkyl halides is 3. The van der Waals surface area contributed by atoms with Gasteiger partial charge in [-0.1, -0.05) is 93.6 Å². The van der Waals surface area contributed by atoms with E-state index in [1.807, 2.05) is 0 Å². The number of aromatic nitrogens is 1. The van der Waals surface area contributed by atoms with Gasteiger partial charge in [0.2, 0.25) is 0 Å². The van der Waals surface area contributed by atoms with Crippen LogP contribution in [0.2, 0.25) is 25.1 Å². The number of allylic oxidation sites excluding steroid dienone is 1. The molecule has 1 aromatic heterocycles. The molecule has 6 rings (SSSR count). The normalized spacial score (nSPS) is 14.5. The molecule has 0 unspecified atom stereocenters. The van der Waals surface area contributed by atoms with Crippen LogP contribution in [0, 0.1) is 0 Å². The number of rotatable bonds is 10. The first kappa shape index (κ1) is 38.7. The van der Waals surface area contributed by atoms with Gasteiger partial charge in [-0.25, -0.2) is 9.79 Å². The Kier molecular flexibility index (Phi) is 11.8. The number of benzene rings is 4. The Labute approximate surface area is 329 Å². The molecule has 0 radical (unpaired) electrons. The highest BCUT2D eigenvalue weighted by atomic mass is 35.5.